The van der Waals surface area contributed by atoms with Gasteiger partial charge in [-0.1, -0.05) is 6.07 Å². The summed E-state index contributed by atoms with van der Waals surface area (Å²) in [6, 6.07) is 4.68. The molecule has 0 atom stereocenters. The van der Waals surface area contributed by atoms with Gasteiger partial charge in [0, 0.05) is 5.38 Å². The molecule has 2 N–H and O–H groups in total. The first-order chi connectivity index (χ1) is 8.88. The van der Waals surface area contributed by atoms with Crippen LogP contribution in [0, 0.1) is 5.95 Å². The number of pyridine rings is 1. The second kappa shape index (κ2) is 4.94. The fourth-order valence-electron chi connectivity index (χ4n) is 1.23. The molecule has 2 heterocycles. The van der Waals surface area contributed by atoms with Gasteiger partial charge in [0.05, 0.1) is 4.90 Å². The maximum Gasteiger partial charge on any atom is 0.345 e. The van der Waals surface area contributed by atoms with Crippen LogP contribution in [0.4, 0.5) is 10.2 Å². The molecule has 0 saturated carbocycles. The zero-order valence-corrected chi connectivity index (χ0v) is 10.8. The summed E-state index contributed by atoms with van der Waals surface area (Å²) < 4.78 is 38.7. The third kappa shape index (κ3) is 3.06. The van der Waals surface area contributed by atoms with Gasteiger partial charge in [0.1, 0.15) is 10.7 Å². The molecule has 100 valence electrons. The number of aromatic carboxylic acids is 1. The van der Waals surface area contributed by atoms with Gasteiger partial charge in [-0.2, -0.15) is 4.39 Å². The highest BCUT2D eigenvalue weighted by Crippen LogP contribution is 2.21. The summed E-state index contributed by atoms with van der Waals surface area (Å²) in [5, 5.41) is 9.91. The lowest BCUT2D eigenvalue weighted by Gasteiger charge is -2.04. The zero-order chi connectivity index (χ0) is 14.0. The average molecular weight is 302 g/mol. The Labute approximate surface area is 111 Å². The van der Waals surface area contributed by atoms with Crippen molar-refractivity contribution in [2.24, 2.45) is 0 Å². The summed E-state index contributed by atoms with van der Waals surface area (Å²) in [7, 11) is -3.97. The zero-order valence-electron chi connectivity index (χ0n) is 9.20. The topological polar surface area (TPSA) is 96.4 Å². The van der Waals surface area contributed by atoms with Gasteiger partial charge in [-0.25, -0.2) is 18.2 Å². The minimum atomic E-state index is -3.97. The Morgan fingerprint density at radius 1 is 1.42 bits per heavy atom. The fraction of sp³-hybridized carbons (Fsp3) is 0. The molecule has 0 unspecified atom stereocenters. The molecule has 2 aromatic heterocycles. The first-order valence-corrected chi connectivity index (χ1v) is 7.22. The van der Waals surface area contributed by atoms with Crippen molar-refractivity contribution in [2.45, 2.75) is 4.90 Å². The van der Waals surface area contributed by atoms with Crippen LogP contribution in [0.3, 0.4) is 0 Å². The van der Waals surface area contributed by atoms with Crippen molar-refractivity contribution in [1.29, 1.82) is 0 Å². The van der Waals surface area contributed by atoms with Crippen LogP contribution >= 0.6 is 11.3 Å². The average Bonchev–Trinajstić information content (AvgIpc) is 2.78. The van der Waals surface area contributed by atoms with Crippen LogP contribution in [0.1, 0.15) is 9.67 Å². The first-order valence-electron chi connectivity index (χ1n) is 4.86. The summed E-state index contributed by atoms with van der Waals surface area (Å²) in [5.74, 6) is -2.21. The van der Waals surface area contributed by atoms with E-state index in [-0.39, 0.29) is 15.6 Å². The van der Waals surface area contributed by atoms with Crippen LogP contribution in [0.15, 0.2) is 34.5 Å². The van der Waals surface area contributed by atoms with Crippen LogP contribution in [0.5, 0.6) is 0 Å². The molecular weight excluding hydrogens is 295 g/mol. The Kier molecular flexibility index (Phi) is 3.49. The Morgan fingerprint density at radius 2 is 2.16 bits per heavy atom. The molecule has 0 aliphatic carbocycles. The van der Waals surface area contributed by atoms with Gasteiger partial charge in [-0.05, 0) is 18.2 Å². The minimum Gasteiger partial charge on any atom is -0.477 e. The number of thiophene rings is 1. The molecule has 0 bridgehead atoms. The van der Waals surface area contributed by atoms with E-state index >= 15 is 0 Å². The molecular formula is C10H7FN2O4S2. The third-order valence-electron chi connectivity index (χ3n) is 2.05. The van der Waals surface area contributed by atoms with Crippen molar-refractivity contribution in [3.8, 4) is 0 Å². The summed E-state index contributed by atoms with van der Waals surface area (Å²) in [4.78, 5) is 13.7. The number of aromatic nitrogens is 1. The number of nitrogens with zero attached hydrogens (tertiary/aromatic N) is 1. The molecule has 0 aliphatic heterocycles. The first kappa shape index (κ1) is 13.4. The largest absolute Gasteiger partial charge is 0.477 e. The number of sulfonamides is 1. The number of anilines is 1. The van der Waals surface area contributed by atoms with Crippen LogP contribution in [-0.4, -0.2) is 24.5 Å². The minimum absolute atomic E-state index is 0.104. The number of halogens is 1. The molecule has 0 fully saturated rings. The molecule has 0 aliphatic rings. The smallest absolute Gasteiger partial charge is 0.345 e. The molecule has 0 aromatic carbocycles. The molecule has 2 aromatic rings. The number of hydrogen-bond acceptors (Lipinski definition) is 5. The maximum absolute atomic E-state index is 12.8. The summed E-state index contributed by atoms with van der Waals surface area (Å²) >= 11 is 0.785. The SMILES string of the molecule is O=C(O)c1cc(S(=O)(=O)Nc2cccc(F)n2)cs1. The van der Waals surface area contributed by atoms with E-state index in [4.69, 9.17) is 5.11 Å². The van der Waals surface area contributed by atoms with Gasteiger partial charge in [0.2, 0.25) is 5.95 Å². The van der Waals surface area contributed by atoms with E-state index in [2.05, 4.69) is 9.71 Å². The van der Waals surface area contributed by atoms with E-state index in [1.807, 2.05) is 0 Å². The molecule has 0 saturated heterocycles. The maximum atomic E-state index is 12.8. The Bertz CT molecular complexity index is 727. The van der Waals surface area contributed by atoms with Gasteiger partial charge in [-0.3, -0.25) is 4.72 Å². The molecule has 9 heteroatoms. The summed E-state index contributed by atoms with van der Waals surface area (Å²) in [5.41, 5.74) is 0. The van der Waals surface area contributed by atoms with Crippen LogP contribution < -0.4 is 4.72 Å². The Balaban J connectivity index is 2.29. The van der Waals surface area contributed by atoms with E-state index in [9.17, 15) is 17.6 Å². The second-order valence-electron chi connectivity index (χ2n) is 3.40. The van der Waals surface area contributed by atoms with Gasteiger partial charge < -0.3 is 5.11 Å². The van der Waals surface area contributed by atoms with Crippen molar-refractivity contribution in [2.75, 3.05) is 4.72 Å². The fourth-order valence-corrected chi connectivity index (χ4v) is 3.35. The molecule has 0 amide bonds. The van der Waals surface area contributed by atoms with Crippen LogP contribution in [0.2, 0.25) is 0 Å². The predicted octanol–water partition coefficient (Wildman–Crippen LogP) is 1.78. The number of hydrogen-bond donors (Lipinski definition) is 2. The quantitative estimate of drug-likeness (QED) is 0.839. The Morgan fingerprint density at radius 3 is 2.74 bits per heavy atom. The summed E-state index contributed by atoms with van der Waals surface area (Å²) in [6.45, 7) is 0. The number of carbonyl (C=O) groups is 1. The van der Waals surface area contributed by atoms with Gasteiger partial charge in [0.25, 0.3) is 10.0 Å². The number of carboxylic acid groups (broad SMARTS) is 1. The van der Waals surface area contributed by atoms with E-state index in [0.717, 1.165) is 23.5 Å². The molecule has 0 radical (unpaired) electrons. The highest BCUT2D eigenvalue weighted by molar-refractivity contribution is 7.92. The highest BCUT2D eigenvalue weighted by atomic mass is 32.2. The van der Waals surface area contributed by atoms with Crippen molar-refractivity contribution < 1.29 is 22.7 Å². The standard InChI is InChI=1S/C10H7FN2O4S2/c11-8-2-1-3-9(12-8)13-19(16,17)6-4-7(10(14)15)18-5-6/h1-5H,(H,12,13)(H,14,15). The Hall–Kier alpha value is -2.00. The highest BCUT2D eigenvalue weighted by Gasteiger charge is 2.19. The lowest BCUT2D eigenvalue weighted by atomic mass is 10.5. The van der Waals surface area contributed by atoms with E-state index < -0.39 is 21.9 Å². The van der Waals surface area contributed by atoms with Crippen molar-refractivity contribution >= 4 is 33.1 Å². The van der Waals surface area contributed by atoms with Crippen LogP contribution in [-0.2, 0) is 10.0 Å². The van der Waals surface area contributed by atoms with Crippen molar-refractivity contribution in [3.05, 3.63) is 40.5 Å². The van der Waals surface area contributed by atoms with Gasteiger partial charge in [-0.15, -0.1) is 11.3 Å². The van der Waals surface area contributed by atoms with Crippen molar-refractivity contribution in [1.82, 2.24) is 4.98 Å². The molecule has 2 rings (SSSR count). The normalized spacial score (nSPS) is 11.2. The number of carboxylic acids is 1. The van der Waals surface area contributed by atoms with E-state index in [1.54, 1.807) is 0 Å². The molecule has 19 heavy (non-hydrogen) atoms. The molecule has 6 nitrogen and oxygen atoms in total. The lowest BCUT2D eigenvalue weighted by molar-refractivity contribution is 0.0702. The van der Waals surface area contributed by atoms with Gasteiger partial charge in [0.15, 0.2) is 0 Å². The molecule has 0 spiro atoms. The lowest BCUT2D eigenvalue weighted by Crippen LogP contribution is -2.13. The van der Waals surface area contributed by atoms with Crippen molar-refractivity contribution in [3.63, 3.8) is 0 Å². The number of rotatable bonds is 4. The van der Waals surface area contributed by atoms with E-state index in [0.29, 0.717) is 0 Å². The van der Waals surface area contributed by atoms with Gasteiger partial charge >= 0.3 is 5.97 Å². The second-order valence-corrected chi connectivity index (χ2v) is 6.00. The summed E-state index contributed by atoms with van der Waals surface area (Å²) in [6.07, 6.45) is 0. The number of nitrogens with one attached hydrogen (secondary N) is 1. The van der Waals surface area contributed by atoms with E-state index in [1.165, 1.54) is 17.5 Å². The third-order valence-corrected chi connectivity index (χ3v) is 4.45. The predicted molar refractivity (Wildman–Crippen MR) is 66.3 cm³/mol. The van der Waals surface area contributed by atoms with Crippen LogP contribution in [0.25, 0.3) is 0 Å². The monoisotopic (exact) mass is 302 g/mol.